The molecular weight excluding hydrogens is 1510 g/mol. The summed E-state index contributed by atoms with van der Waals surface area (Å²) in [4.78, 5) is 18.8. The molecule has 4 aromatic heterocycles. The number of aromatic nitrogens is 4. The minimum atomic E-state index is -0.109. The minimum absolute atomic E-state index is 0. The summed E-state index contributed by atoms with van der Waals surface area (Å²) in [7, 11) is 0. The Morgan fingerprint density at radius 3 is 0.636 bits per heavy atom. The normalized spacial score (nSPS) is 10.4. The molecule has 0 aliphatic rings. The molecule has 21 heteroatoms. The number of allylic oxidation sites excluding steroid dienone is 4. The Morgan fingerprint density at radius 2 is 0.495 bits per heavy atom. The van der Waals surface area contributed by atoms with Crippen LogP contribution in [0.1, 0.15) is 169 Å². The Bertz CT molecular complexity index is 3110. The van der Waals surface area contributed by atoms with Crippen molar-refractivity contribution in [2.75, 3.05) is 52.4 Å². The van der Waals surface area contributed by atoms with Gasteiger partial charge in [0.25, 0.3) is 0 Å². The van der Waals surface area contributed by atoms with Crippen molar-refractivity contribution in [3.05, 3.63) is 177 Å². The Balaban J connectivity index is -0.000000344. The van der Waals surface area contributed by atoms with Crippen molar-refractivity contribution in [1.29, 1.82) is 21.0 Å². The molecule has 0 amide bonds. The van der Waals surface area contributed by atoms with E-state index in [1.807, 2.05) is 72.8 Å². The standard InChI is InChI=1S/2C16H36N.2C12H8N2.2C7H8S.2C4H2N2S2.2Mo.H2O.2O/c2*1-5-9-13-17(14-10-6-2,15-11-7-3)16-12-8-4;2*1-3-9-5-6-10-4-2-8-14-12(10)11(9)13-7-1;2*1-6-2-4-7(8)5-3-6;2*5-1-3(7)4(8)2-6;;;;;/h2*5-16H2,1-4H3;2*1-8H;2*2-5,8H,1H3;2*7-8H;;;1H2;;/q2*+1;;;;;;;2*+4;;2*-2/p-6/b;;;;;;2*4-3-;;;;;. The number of hydrogen-bond acceptors (Lipinski definition) is 14. The van der Waals surface area contributed by atoms with Crippen molar-refractivity contribution < 1.29 is 67.5 Å². The van der Waals surface area contributed by atoms with Gasteiger partial charge in [-0.1, -0.05) is 215 Å². The SMILES string of the molecule is CCCC[N+](CCCC)(CCCC)CCCC.CCCC[N+](CCCC)(CCCC)CCCC.Cc1ccc([S-])cc1.Cc1ccc([S-])cc1.N#C/C([S-])=C(/[S-])C#N.N#C/C([S-])=C(/[S-])C#N.O.[Mo+4].[Mo+4].[O-2].[O-2].c1cnc2c(c1)ccc1cccnc12.c1cnc2c(c1)ccc1cccnc12. The Morgan fingerprint density at radius 1 is 0.323 bits per heavy atom. The van der Waals surface area contributed by atoms with E-state index in [0.717, 1.165) is 53.4 Å². The van der Waals surface area contributed by atoms with Crippen LogP contribution in [0.5, 0.6) is 0 Å². The van der Waals surface area contributed by atoms with E-state index in [-0.39, 0.29) is 78.2 Å². The molecule has 8 aromatic rings. The fourth-order valence-corrected chi connectivity index (χ4v) is 10.4. The van der Waals surface area contributed by atoms with Crippen LogP contribution < -0.4 is 0 Å². The average Bonchev–Trinajstić information content (AvgIpc) is 0.824. The summed E-state index contributed by atoms with van der Waals surface area (Å²) >= 11 is 27.2. The van der Waals surface area contributed by atoms with Crippen molar-refractivity contribution in [2.24, 2.45) is 0 Å². The number of aryl methyl sites for hydroxylation is 2. The van der Waals surface area contributed by atoms with E-state index < -0.39 is 0 Å². The maximum absolute atomic E-state index is 8.01. The molecule has 2 N–H and O–H groups in total. The van der Waals surface area contributed by atoms with Crippen LogP contribution in [-0.4, -0.2) is 86.7 Å². The summed E-state index contributed by atoms with van der Waals surface area (Å²) in [6, 6.07) is 46.4. The van der Waals surface area contributed by atoms with Crippen LogP contribution in [0.3, 0.4) is 0 Å². The quantitative estimate of drug-likeness (QED) is 0.0180. The molecule has 8 rings (SSSR count). The van der Waals surface area contributed by atoms with E-state index >= 15 is 0 Å². The number of fused-ring (bicyclic) bond motifs is 6. The van der Waals surface area contributed by atoms with Crippen LogP contribution in [-0.2, 0) is 129 Å². The van der Waals surface area contributed by atoms with Gasteiger partial charge in [0.05, 0.1) is 98.7 Å². The van der Waals surface area contributed by atoms with E-state index in [0.29, 0.717) is 0 Å². The zero-order chi connectivity index (χ0) is 69.8. The van der Waals surface area contributed by atoms with Gasteiger partial charge in [-0.15, -0.1) is 19.6 Å². The van der Waals surface area contributed by atoms with Gasteiger partial charge in [0.2, 0.25) is 0 Å². The summed E-state index contributed by atoms with van der Waals surface area (Å²) in [5.74, 6) is 0. The van der Waals surface area contributed by atoms with E-state index in [9.17, 15) is 0 Å². The zero-order valence-corrected chi connectivity index (χ0v) is 68.8. The number of pyridine rings is 4. The summed E-state index contributed by atoms with van der Waals surface area (Å²) in [5, 5.41) is 36.6. The molecule has 0 bridgehead atoms. The van der Waals surface area contributed by atoms with Crippen LogP contribution in [0.15, 0.2) is 176 Å². The molecule has 0 fully saturated rings. The number of benzene rings is 4. The molecule has 99 heavy (non-hydrogen) atoms. The average molecular weight is 1610 g/mol. The number of nitrogens with zero attached hydrogens (tertiary/aromatic N) is 10. The third-order valence-corrected chi connectivity index (χ3v) is 17.4. The fourth-order valence-electron chi connectivity index (χ4n) is 9.93. The topological polar surface area (TPSA) is 235 Å². The molecule has 0 spiro atoms. The maximum atomic E-state index is 8.01. The zero-order valence-electron chi connectivity index (χ0n) is 59.9. The maximum Gasteiger partial charge on any atom is 4.00 e. The largest absolute Gasteiger partial charge is 4.00 e. The second-order valence-corrected chi connectivity index (χ2v) is 25.7. The summed E-state index contributed by atoms with van der Waals surface area (Å²) < 4.78 is 2.84. The van der Waals surface area contributed by atoms with Crippen LogP contribution in [0.2, 0.25) is 0 Å². The van der Waals surface area contributed by atoms with Gasteiger partial charge in [0.1, 0.15) is 0 Å². The molecule has 0 radical (unpaired) electrons. The third kappa shape index (κ3) is 43.1. The second-order valence-electron chi connectivity index (χ2n) is 23.1. The minimum Gasteiger partial charge on any atom is -2.00 e. The summed E-state index contributed by atoms with van der Waals surface area (Å²) in [6.45, 7) is 34.1. The number of unbranched alkanes of at least 4 members (excludes halogenated alkanes) is 8. The van der Waals surface area contributed by atoms with Crippen LogP contribution in [0, 0.1) is 59.2 Å². The first-order chi connectivity index (χ1) is 45.4. The van der Waals surface area contributed by atoms with Gasteiger partial charge in [0, 0.05) is 46.3 Å². The van der Waals surface area contributed by atoms with Crippen molar-refractivity contribution in [1.82, 2.24) is 19.9 Å². The van der Waals surface area contributed by atoms with E-state index in [4.69, 9.17) is 46.3 Å². The van der Waals surface area contributed by atoms with E-state index in [2.05, 4.69) is 188 Å². The van der Waals surface area contributed by atoms with Crippen molar-refractivity contribution in [3.63, 3.8) is 0 Å². The van der Waals surface area contributed by atoms with Crippen LogP contribution in [0.25, 0.3) is 43.6 Å². The summed E-state index contributed by atoms with van der Waals surface area (Å²) in [5.41, 5.74) is 6.43. The van der Waals surface area contributed by atoms with Gasteiger partial charge in [-0.05, 0) is 89.5 Å². The van der Waals surface area contributed by atoms with Gasteiger partial charge in [-0.3, -0.25) is 19.9 Å². The number of rotatable bonds is 24. The van der Waals surface area contributed by atoms with Gasteiger partial charge in [-0.2, -0.15) is 30.8 Å². The van der Waals surface area contributed by atoms with E-state index in [1.165, 1.54) is 175 Å². The second kappa shape index (κ2) is 63.4. The van der Waals surface area contributed by atoms with Crippen LogP contribution >= 0.6 is 0 Å². The molecule has 0 saturated heterocycles. The van der Waals surface area contributed by atoms with Crippen molar-refractivity contribution in [2.45, 2.75) is 182 Å². The van der Waals surface area contributed by atoms with Gasteiger partial charge in [0.15, 0.2) is 0 Å². The van der Waals surface area contributed by atoms with Gasteiger partial charge >= 0.3 is 42.1 Å². The number of nitriles is 4. The predicted molar refractivity (Wildman–Crippen MR) is 417 cm³/mol. The molecule has 13 nitrogen and oxygen atoms in total. The number of hydrogen-bond donors (Lipinski definition) is 0. The molecule has 0 unspecified atom stereocenters. The molecule has 0 saturated carbocycles. The smallest absolute Gasteiger partial charge is 2.00 e. The van der Waals surface area contributed by atoms with Crippen LogP contribution in [0.4, 0.5) is 0 Å². The molecule has 532 valence electrons. The first-order valence-electron chi connectivity index (χ1n) is 33.5. The van der Waals surface area contributed by atoms with Crippen molar-refractivity contribution in [3.8, 4) is 24.3 Å². The third-order valence-electron chi connectivity index (χ3n) is 15.4. The van der Waals surface area contributed by atoms with Gasteiger partial charge < -0.3 is 101 Å². The molecule has 0 atom stereocenters. The van der Waals surface area contributed by atoms with Gasteiger partial charge in [-0.25, -0.2) is 0 Å². The first kappa shape index (κ1) is 102. The molecule has 4 heterocycles. The molecule has 4 aromatic carbocycles. The Labute approximate surface area is 657 Å². The fraction of sp³-hybridized carbons (Fsp3) is 0.436. The molecular formula is C78H104Mo2N10O3S6. The predicted octanol–water partition coefficient (Wildman–Crippen LogP) is 19.0. The molecule has 0 aliphatic heterocycles. The van der Waals surface area contributed by atoms with E-state index in [1.54, 1.807) is 49.1 Å². The monoisotopic (exact) mass is 1620 g/mol. The molecule has 0 aliphatic carbocycles. The van der Waals surface area contributed by atoms with Crippen molar-refractivity contribution >= 4 is 119 Å². The first-order valence-corrected chi connectivity index (χ1v) is 36.0. The number of quaternary nitrogens is 2. The summed E-state index contributed by atoms with van der Waals surface area (Å²) in [6.07, 6.45) is 29.3. The Hall–Kier alpha value is -5.54. The Kier molecular flexibility index (Phi) is 65.4.